The molecule has 2 saturated heterocycles. The fraction of sp³-hybridized carbons (Fsp3) is 0.385. The normalized spacial score (nSPS) is 17.3. The van der Waals surface area contributed by atoms with Crippen LogP contribution in [0, 0.1) is 18.3 Å². The number of pyridine rings is 1. The van der Waals surface area contributed by atoms with Crippen LogP contribution >= 0.6 is 24.0 Å². The fourth-order valence-corrected chi connectivity index (χ4v) is 5.75. The van der Waals surface area contributed by atoms with Crippen LogP contribution in [0.2, 0.25) is 0 Å². The second kappa shape index (κ2) is 11.2. The lowest BCUT2D eigenvalue weighted by molar-refractivity contribution is -0.122. The van der Waals surface area contributed by atoms with Crippen molar-refractivity contribution in [2.45, 2.75) is 33.2 Å². The predicted molar refractivity (Wildman–Crippen MR) is 144 cm³/mol. The molecule has 2 fully saturated rings. The molecule has 0 spiro atoms. The second-order valence-electron chi connectivity index (χ2n) is 8.42. The third kappa shape index (κ3) is 5.20. The molecule has 1 aromatic carbocycles. The number of hydrogen-bond donors (Lipinski definition) is 0. The summed E-state index contributed by atoms with van der Waals surface area (Å²) in [5, 5.41) is 9.71. The Morgan fingerprint density at radius 2 is 1.91 bits per heavy atom. The van der Waals surface area contributed by atoms with Gasteiger partial charge in [0.05, 0.1) is 18.1 Å². The largest absolute Gasteiger partial charge is 0.378 e. The van der Waals surface area contributed by atoms with E-state index in [4.69, 9.17) is 17.0 Å². The number of hydrogen-bond acceptors (Lipinski definition) is 7. The number of aryl methyl sites for hydroxylation is 1. The molecule has 0 bridgehead atoms. The topological polar surface area (TPSA) is 78.6 Å². The Balaban J connectivity index is 1.67. The molecule has 182 valence electrons. The molecule has 0 unspecified atom stereocenters. The van der Waals surface area contributed by atoms with E-state index in [1.165, 1.54) is 17.3 Å². The molecule has 0 atom stereocenters. The van der Waals surface area contributed by atoms with Crippen LogP contribution in [0.1, 0.15) is 35.6 Å². The number of benzene rings is 1. The van der Waals surface area contributed by atoms with Gasteiger partial charge in [-0.1, -0.05) is 54.3 Å². The van der Waals surface area contributed by atoms with E-state index < -0.39 is 0 Å². The lowest BCUT2D eigenvalue weighted by Gasteiger charge is -2.33. The van der Waals surface area contributed by atoms with Crippen molar-refractivity contribution in [3.05, 3.63) is 67.8 Å². The van der Waals surface area contributed by atoms with Gasteiger partial charge in [-0.05, 0) is 43.9 Å². The monoisotopic (exact) mass is 508 g/mol. The van der Waals surface area contributed by atoms with Gasteiger partial charge in [0, 0.05) is 31.7 Å². The van der Waals surface area contributed by atoms with E-state index >= 15 is 0 Å². The highest BCUT2D eigenvalue weighted by molar-refractivity contribution is 8.26. The van der Waals surface area contributed by atoms with Crippen LogP contribution in [-0.4, -0.2) is 52.5 Å². The van der Waals surface area contributed by atoms with Gasteiger partial charge in [0.2, 0.25) is 0 Å². The van der Waals surface area contributed by atoms with E-state index in [2.05, 4.69) is 23.1 Å². The fourth-order valence-electron chi connectivity index (χ4n) is 4.46. The number of amides is 1. The van der Waals surface area contributed by atoms with Crippen molar-refractivity contribution >= 4 is 46.1 Å². The molecule has 2 aliphatic rings. The summed E-state index contributed by atoms with van der Waals surface area (Å²) >= 11 is 6.82. The van der Waals surface area contributed by atoms with Gasteiger partial charge in [0.15, 0.2) is 0 Å². The van der Waals surface area contributed by atoms with Crippen LogP contribution in [0.4, 0.5) is 5.82 Å². The quantitative estimate of drug-likeness (QED) is 0.417. The molecule has 9 heteroatoms. The summed E-state index contributed by atoms with van der Waals surface area (Å²) < 4.78 is 7.67. The van der Waals surface area contributed by atoms with E-state index in [1.807, 2.05) is 31.2 Å². The number of nitriles is 1. The van der Waals surface area contributed by atoms with E-state index in [-0.39, 0.29) is 17.0 Å². The van der Waals surface area contributed by atoms with Crippen molar-refractivity contribution in [2.24, 2.45) is 0 Å². The number of thioether (sulfide) groups is 1. The maximum absolute atomic E-state index is 13.3. The highest BCUT2D eigenvalue weighted by Crippen LogP contribution is 2.36. The number of carbonyl (C=O) groups is 1. The zero-order valence-electron chi connectivity index (χ0n) is 20.0. The Hall–Kier alpha value is -2.93. The lowest BCUT2D eigenvalue weighted by Crippen LogP contribution is -2.41. The van der Waals surface area contributed by atoms with Crippen LogP contribution in [0.25, 0.3) is 6.08 Å². The summed E-state index contributed by atoms with van der Waals surface area (Å²) in [5.74, 6) is 0.597. The molecule has 2 aliphatic heterocycles. The number of aromatic nitrogens is 1. The van der Waals surface area contributed by atoms with Gasteiger partial charge in [-0.15, -0.1) is 0 Å². The number of morpholine rings is 1. The first-order valence-corrected chi connectivity index (χ1v) is 13.0. The van der Waals surface area contributed by atoms with Gasteiger partial charge >= 0.3 is 0 Å². The van der Waals surface area contributed by atoms with Crippen molar-refractivity contribution in [2.75, 3.05) is 37.7 Å². The Morgan fingerprint density at radius 3 is 2.57 bits per heavy atom. The third-order valence-electron chi connectivity index (χ3n) is 6.31. The predicted octanol–water partition coefficient (Wildman–Crippen LogP) is 3.72. The number of thiocarbonyl (C=S) groups is 1. The van der Waals surface area contributed by atoms with Gasteiger partial charge in [0.1, 0.15) is 21.8 Å². The average molecular weight is 509 g/mol. The van der Waals surface area contributed by atoms with Crippen molar-refractivity contribution in [3.8, 4) is 6.07 Å². The van der Waals surface area contributed by atoms with Crippen molar-refractivity contribution in [3.63, 3.8) is 0 Å². The maximum atomic E-state index is 13.3. The zero-order chi connectivity index (χ0) is 24.9. The Bertz CT molecular complexity index is 1260. The number of rotatable bonds is 7. The molecule has 4 rings (SSSR count). The molecule has 1 aromatic heterocycles. The van der Waals surface area contributed by atoms with Crippen LogP contribution in [0.5, 0.6) is 0 Å². The summed E-state index contributed by atoms with van der Waals surface area (Å²) in [4.78, 5) is 30.7. The van der Waals surface area contributed by atoms with Crippen LogP contribution in [-0.2, 0) is 22.5 Å². The molecule has 7 nitrogen and oxygen atoms in total. The Kier molecular flexibility index (Phi) is 8.06. The first kappa shape index (κ1) is 25.2. The number of anilines is 1. The first-order valence-electron chi connectivity index (χ1n) is 11.8. The molecule has 1 amide bonds. The average Bonchev–Trinajstić information content (AvgIpc) is 3.14. The van der Waals surface area contributed by atoms with Gasteiger partial charge < -0.3 is 9.64 Å². The summed E-state index contributed by atoms with van der Waals surface area (Å²) in [6.45, 7) is 7.00. The van der Waals surface area contributed by atoms with E-state index in [9.17, 15) is 14.9 Å². The number of nitrogens with zero attached hydrogens (tertiary/aromatic N) is 4. The standard InChI is InChI=1S/C26H28N4O3S2/c1-3-29-23(28-12-14-33-15-13-28)20(18(2)21(17-27)24(29)31)16-22-25(32)30(26(34)35-22)11-7-10-19-8-5-4-6-9-19/h4-6,8-9,16H,3,7,10-15H2,1-2H3. The van der Waals surface area contributed by atoms with E-state index in [0.717, 1.165) is 24.2 Å². The Labute approximate surface area is 215 Å². The minimum Gasteiger partial charge on any atom is -0.378 e. The van der Waals surface area contributed by atoms with Gasteiger partial charge in [-0.3, -0.25) is 19.1 Å². The molecule has 0 N–H and O–H groups in total. The SMILES string of the molecule is CCn1c(N2CCOCC2)c(C=C2SC(=S)N(CCCc3ccccc3)C2=O)c(C)c(C#N)c1=O. The minimum atomic E-state index is -0.306. The second-order valence-corrected chi connectivity index (χ2v) is 10.1. The molecular weight excluding hydrogens is 480 g/mol. The van der Waals surface area contributed by atoms with Crippen LogP contribution < -0.4 is 10.5 Å². The minimum absolute atomic E-state index is 0.105. The molecule has 0 radical (unpaired) electrons. The molecule has 3 heterocycles. The molecule has 0 saturated carbocycles. The van der Waals surface area contributed by atoms with Crippen molar-refractivity contribution in [1.82, 2.24) is 9.47 Å². The third-order valence-corrected chi connectivity index (χ3v) is 7.69. The molecule has 0 aliphatic carbocycles. The number of ether oxygens (including phenoxy) is 1. The summed E-state index contributed by atoms with van der Waals surface area (Å²) in [7, 11) is 0. The molecular formula is C26H28N4O3S2. The van der Waals surface area contributed by atoms with E-state index in [1.54, 1.807) is 16.4 Å². The van der Waals surface area contributed by atoms with Gasteiger partial charge in [-0.2, -0.15) is 5.26 Å². The number of carbonyl (C=O) groups excluding carboxylic acids is 1. The summed E-state index contributed by atoms with van der Waals surface area (Å²) in [6.07, 6.45) is 3.48. The molecule has 35 heavy (non-hydrogen) atoms. The maximum Gasteiger partial charge on any atom is 0.270 e. The van der Waals surface area contributed by atoms with Crippen LogP contribution in [0.3, 0.4) is 0 Å². The first-order chi connectivity index (χ1) is 17.0. The smallest absolute Gasteiger partial charge is 0.270 e. The highest BCUT2D eigenvalue weighted by atomic mass is 32.2. The Morgan fingerprint density at radius 1 is 1.20 bits per heavy atom. The lowest BCUT2D eigenvalue weighted by atomic mass is 10.0. The van der Waals surface area contributed by atoms with Crippen LogP contribution in [0.15, 0.2) is 40.0 Å². The summed E-state index contributed by atoms with van der Waals surface area (Å²) in [6, 6.07) is 12.2. The molecule has 2 aromatic rings. The van der Waals surface area contributed by atoms with Crippen molar-refractivity contribution < 1.29 is 9.53 Å². The zero-order valence-corrected chi connectivity index (χ0v) is 21.6. The summed E-state index contributed by atoms with van der Waals surface area (Å²) in [5.41, 5.74) is 2.32. The van der Waals surface area contributed by atoms with Gasteiger partial charge in [0.25, 0.3) is 11.5 Å². The van der Waals surface area contributed by atoms with E-state index in [0.29, 0.717) is 54.2 Å². The highest BCUT2D eigenvalue weighted by Gasteiger charge is 2.33. The van der Waals surface area contributed by atoms with Gasteiger partial charge in [-0.25, -0.2) is 0 Å². The van der Waals surface area contributed by atoms with Crippen molar-refractivity contribution in [1.29, 1.82) is 5.26 Å².